The van der Waals surface area contributed by atoms with E-state index in [0.717, 1.165) is 6.08 Å². The van der Waals surface area contributed by atoms with Crippen LogP contribution in [0.4, 0.5) is 8.78 Å². The van der Waals surface area contributed by atoms with Crippen LogP contribution in [0, 0.1) is 0 Å². The summed E-state index contributed by atoms with van der Waals surface area (Å²) in [5.41, 5.74) is 0. The van der Waals surface area contributed by atoms with Gasteiger partial charge in [-0.1, -0.05) is 13.0 Å². The van der Waals surface area contributed by atoms with Gasteiger partial charge in [-0.3, -0.25) is 0 Å². The lowest BCUT2D eigenvalue weighted by Crippen LogP contribution is -2.24. The Hall–Kier alpha value is -0.930. The van der Waals surface area contributed by atoms with Crippen molar-refractivity contribution >= 4 is 5.97 Å². The first-order chi connectivity index (χ1) is 4.50. The fourth-order valence-corrected chi connectivity index (χ4v) is 0.337. The molecule has 0 unspecified atom stereocenters. The topological polar surface area (TPSA) is 37.3 Å². The highest BCUT2D eigenvalue weighted by atomic mass is 19.3. The predicted molar refractivity (Wildman–Crippen MR) is 32.0 cm³/mol. The second-order valence-corrected chi connectivity index (χ2v) is 1.74. The molecule has 0 heterocycles. The lowest BCUT2D eigenvalue weighted by atomic mass is 10.3. The minimum atomic E-state index is -3.71. The van der Waals surface area contributed by atoms with Crippen LogP contribution in [0.25, 0.3) is 0 Å². The minimum Gasteiger partial charge on any atom is -0.477 e. The minimum absolute atomic E-state index is 0.384. The molecule has 0 aliphatic carbocycles. The average Bonchev–Trinajstić information content (AvgIpc) is 1.84. The maximum atomic E-state index is 12.0. The molecule has 0 amide bonds. The summed E-state index contributed by atoms with van der Waals surface area (Å²) in [5, 5.41) is 7.87. The highest BCUT2D eigenvalue weighted by Crippen LogP contribution is 2.14. The van der Waals surface area contributed by atoms with E-state index in [1.54, 1.807) is 6.92 Å². The van der Waals surface area contributed by atoms with Crippen LogP contribution < -0.4 is 0 Å². The zero-order valence-corrected chi connectivity index (χ0v) is 5.47. The quantitative estimate of drug-likeness (QED) is 0.621. The van der Waals surface area contributed by atoms with Crippen LogP contribution in [0.1, 0.15) is 13.3 Å². The molecule has 0 saturated heterocycles. The number of hydrogen-bond acceptors (Lipinski definition) is 1. The molecular weight excluding hydrogens is 142 g/mol. The van der Waals surface area contributed by atoms with E-state index < -0.39 is 11.9 Å². The van der Waals surface area contributed by atoms with Crippen LogP contribution in [0.5, 0.6) is 0 Å². The zero-order chi connectivity index (χ0) is 8.20. The molecule has 58 valence electrons. The summed E-state index contributed by atoms with van der Waals surface area (Å²) in [6.07, 6.45) is 1.91. The standard InChI is InChI=1S/C6H8F2O2/c1-2-3-4-6(7,8)5(9)10/h3-4H,2H2,1H3,(H,9,10). The van der Waals surface area contributed by atoms with Gasteiger partial charge in [0.25, 0.3) is 0 Å². The van der Waals surface area contributed by atoms with Crippen molar-refractivity contribution in [3.63, 3.8) is 0 Å². The van der Waals surface area contributed by atoms with E-state index in [-0.39, 0.29) is 0 Å². The number of alkyl halides is 2. The van der Waals surface area contributed by atoms with Crippen molar-refractivity contribution in [3.8, 4) is 0 Å². The normalized spacial score (nSPS) is 12.3. The zero-order valence-electron chi connectivity index (χ0n) is 5.47. The molecule has 4 heteroatoms. The van der Waals surface area contributed by atoms with Crippen molar-refractivity contribution in [3.05, 3.63) is 12.2 Å². The molecule has 0 spiro atoms. The summed E-state index contributed by atoms with van der Waals surface area (Å²) in [5.74, 6) is -5.83. The molecule has 0 rings (SSSR count). The molecule has 0 atom stereocenters. The predicted octanol–water partition coefficient (Wildman–Crippen LogP) is 1.67. The first kappa shape index (κ1) is 9.07. The maximum Gasteiger partial charge on any atom is 0.378 e. The fraction of sp³-hybridized carbons (Fsp3) is 0.500. The van der Waals surface area contributed by atoms with E-state index in [1.807, 2.05) is 0 Å². The Bertz CT molecular complexity index is 152. The third-order valence-corrected chi connectivity index (χ3v) is 0.848. The van der Waals surface area contributed by atoms with Crippen molar-refractivity contribution in [2.24, 2.45) is 0 Å². The van der Waals surface area contributed by atoms with Crippen LogP contribution >= 0.6 is 0 Å². The summed E-state index contributed by atoms with van der Waals surface area (Å²) < 4.78 is 24.1. The summed E-state index contributed by atoms with van der Waals surface area (Å²) in [6, 6.07) is 0. The number of carboxylic acids is 1. The number of aliphatic carboxylic acids is 1. The molecule has 0 aromatic heterocycles. The summed E-state index contributed by atoms with van der Waals surface area (Å²) in [7, 11) is 0. The molecule has 10 heavy (non-hydrogen) atoms. The Morgan fingerprint density at radius 1 is 1.70 bits per heavy atom. The largest absolute Gasteiger partial charge is 0.477 e. The van der Waals surface area contributed by atoms with Gasteiger partial charge < -0.3 is 5.11 Å². The van der Waals surface area contributed by atoms with E-state index in [9.17, 15) is 13.6 Å². The van der Waals surface area contributed by atoms with Crippen molar-refractivity contribution in [2.45, 2.75) is 19.3 Å². The number of halogens is 2. The third kappa shape index (κ3) is 2.57. The molecule has 0 aromatic rings. The second kappa shape index (κ2) is 3.29. The van der Waals surface area contributed by atoms with Gasteiger partial charge in [-0.15, -0.1) is 0 Å². The monoisotopic (exact) mass is 150 g/mol. The van der Waals surface area contributed by atoms with E-state index in [2.05, 4.69) is 0 Å². The van der Waals surface area contributed by atoms with Crippen LogP contribution in [0.15, 0.2) is 12.2 Å². The van der Waals surface area contributed by atoms with Crippen LogP contribution in [0.2, 0.25) is 0 Å². The van der Waals surface area contributed by atoms with E-state index in [1.165, 1.54) is 0 Å². The second-order valence-electron chi connectivity index (χ2n) is 1.74. The lowest BCUT2D eigenvalue weighted by Gasteiger charge is -2.02. The van der Waals surface area contributed by atoms with Crippen molar-refractivity contribution in [1.82, 2.24) is 0 Å². The van der Waals surface area contributed by atoms with Gasteiger partial charge in [0, 0.05) is 0 Å². The SMILES string of the molecule is CCC=CC(F)(F)C(=O)O. The lowest BCUT2D eigenvalue weighted by molar-refractivity contribution is -0.158. The first-order valence-electron chi connectivity index (χ1n) is 2.79. The molecule has 0 aliphatic rings. The van der Waals surface area contributed by atoms with Gasteiger partial charge in [0.1, 0.15) is 0 Å². The molecule has 2 nitrogen and oxygen atoms in total. The molecular formula is C6H8F2O2. The van der Waals surface area contributed by atoms with E-state index in [0.29, 0.717) is 12.5 Å². The first-order valence-corrected chi connectivity index (χ1v) is 2.79. The molecule has 1 N–H and O–H groups in total. The summed E-state index contributed by atoms with van der Waals surface area (Å²) in [4.78, 5) is 9.73. The molecule has 0 aliphatic heterocycles. The third-order valence-electron chi connectivity index (χ3n) is 0.848. The Morgan fingerprint density at radius 2 is 2.20 bits per heavy atom. The van der Waals surface area contributed by atoms with Gasteiger partial charge in [-0.2, -0.15) is 8.78 Å². The van der Waals surface area contributed by atoms with E-state index >= 15 is 0 Å². The van der Waals surface area contributed by atoms with Crippen LogP contribution in [-0.4, -0.2) is 17.0 Å². The highest BCUT2D eigenvalue weighted by Gasteiger charge is 2.34. The molecule has 0 bridgehead atoms. The average molecular weight is 150 g/mol. The van der Waals surface area contributed by atoms with Crippen molar-refractivity contribution < 1.29 is 18.7 Å². The Kier molecular flexibility index (Phi) is 2.99. The summed E-state index contributed by atoms with van der Waals surface area (Å²) >= 11 is 0. The van der Waals surface area contributed by atoms with Crippen LogP contribution in [0.3, 0.4) is 0 Å². The van der Waals surface area contributed by atoms with Gasteiger partial charge in [0.05, 0.1) is 0 Å². The molecule has 0 aromatic carbocycles. The Labute approximate surface area is 57.2 Å². The number of carbonyl (C=O) groups is 1. The van der Waals surface area contributed by atoms with Gasteiger partial charge in [0.2, 0.25) is 0 Å². The van der Waals surface area contributed by atoms with Crippen molar-refractivity contribution in [1.29, 1.82) is 0 Å². The number of hydrogen-bond donors (Lipinski definition) is 1. The Morgan fingerprint density at radius 3 is 2.50 bits per heavy atom. The molecule has 0 radical (unpaired) electrons. The van der Waals surface area contributed by atoms with Crippen molar-refractivity contribution in [2.75, 3.05) is 0 Å². The van der Waals surface area contributed by atoms with E-state index in [4.69, 9.17) is 5.11 Å². The Balaban J connectivity index is 4.12. The summed E-state index contributed by atoms with van der Waals surface area (Å²) in [6.45, 7) is 1.65. The fourth-order valence-electron chi connectivity index (χ4n) is 0.337. The van der Waals surface area contributed by atoms with Gasteiger partial charge in [-0.25, -0.2) is 4.79 Å². The van der Waals surface area contributed by atoms with Crippen LogP contribution in [-0.2, 0) is 4.79 Å². The van der Waals surface area contributed by atoms with Gasteiger partial charge >= 0.3 is 11.9 Å². The molecule has 0 saturated carbocycles. The number of allylic oxidation sites excluding steroid dienone is 1. The smallest absolute Gasteiger partial charge is 0.378 e. The number of rotatable bonds is 3. The molecule has 0 fully saturated rings. The van der Waals surface area contributed by atoms with Gasteiger partial charge in [-0.05, 0) is 12.5 Å². The highest BCUT2D eigenvalue weighted by molar-refractivity contribution is 5.77. The maximum absolute atomic E-state index is 12.0. The number of carboxylic acid groups (broad SMARTS) is 1. The van der Waals surface area contributed by atoms with Gasteiger partial charge in [0.15, 0.2) is 0 Å².